The predicted octanol–water partition coefficient (Wildman–Crippen LogP) is 6.08. The maximum Gasteiger partial charge on any atom is 0.430 e. The van der Waals surface area contributed by atoms with Crippen molar-refractivity contribution in [3.8, 4) is 5.75 Å². The summed E-state index contributed by atoms with van der Waals surface area (Å²) in [5, 5.41) is 9.51. The molecule has 0 fully saturated rings. The Morgan fingerprint density at radius 2 is 1.74 bits per heavy atom. The summed E-state index contributed by atoms with van der Waals surface area (Å²) in [7, 11) is 0. The molecule has 1 unspecified atom stereocenters. The first-order valence-electron chi connectivity index (χ1n) is 10.5. The van der Waals surface area contributed by atoms with Gasteiger partial charge in [0.2, 0.25) is 5.91 Å². The van der Waals surface area contributed by atoms with Crippen LogP contribution in [0, 0.1) is 0 Å². The van der Waals surface area contributed by atoms with Gasteiger partial charge in [-0.2, -0.15) is 26.3 Å². The van der Waals surface area contributed by atoms with Crippen LogP contribution in [0.1, 0.15) is 31.7 Å². The van der Waals surface area contributed by atoms with E-state index in [0.717, 1.165) is 17.8 Å². The van der Waals surface area contributed by atoms with Crippen molar-refractivity contribution in [2.75, 3.05) is 18.1 Å². The number of para-hydroxylation sites is 1. The largest absolute Gasteiger partial charge is 0.494 e. The lowest BCUT2D eigenvalue weighted by Gasteiger charge is -2.36. The van der Waals surface area contributed by atoms with Crippen molar-refractivity contribution in [2.24, 2.45) is 0 Å². The standard InChI is InChI=1S/C23H23F6NO3S/c1-2-17-14-30(20(31)9-6-12-33-16-7-4-3-5-8-16)18-11-10-15(13-19(18)34-17)21(32,22(24,25)26)23(27,28)29/h3-5,7-8,10-11,13,17,32H,2,6,9,12,14H2,1H3. The molecule has 0 spiro atoms. The van der Waals surface area contributed by atoms with Gasteiger partial charge in [0.05, 0.1) is 12.3 Å². The lowest BCUT2D eigenvalue weighted by atomic mass is 9.92. The minimum absolute atomic E-state index is 0.0800. The number of anilines is 1. The highest BCUT2D eigenvalue weighted by molar-refractivity contribution is 8.00. The number of thioether (sulfide) groups is 1. The van der Waals surface area contributed by atoms with Crippen LogP contribution >= 0.6 is 11.8 Å². The second-order valence-electron chi connectivity index (χ2n) is 7.81. The first kappa shape index (κ1) is 26.2. The Labute approximate surface area is 196 Å². The van der Waals surface area contributed by atoms with Crippen LogP contribution in [-0.2, 0) is 10.4 Å². The first-order valence-corrected chi connectivity index (χ1v) is 11.4. The van der Waals surface area contributed by atoms with Crippen molar-refractivity contribution in [2.45, 2.75) is 54.3 Å². The Kier molecular flexibility index (Phi) is 7.76. The quantitative estimate of drug-likeness (QED) is 0.365. The number of fused-ring (bicyclic) bond motifs is 1. The van der Waals surface area contributed by atoms with Crippen LogP contribution < -0.4 is 9.64 Å². The zero-order chi connectivity index (χ0) is 25.1. The second-order valence-corrected chi connectivity index (χ2v) is 9.15. The van der Waals surface area contributed by atoms with Gasteiger partial charge in [0.15, 0.2) is 0 Å². The van der Waals surface area contributed by atoms with E-state index < -0.39 is 23.5 Å². The second kappa shape index (κ2) is 10.1. The molecule has 11 heteroatoms. The monoisotopic (exact) mass is 507 g/mol. The summed E-state index contributed by atoms with van der Waals surface area (Å²) < 4.78 is 85.4. The van der Waals surface area contributed by atoms with Crippen molar-refractivity contribution in [3.63, 3.8) is 0 Å². The number of ether oxygens (including phenoxy) is 1. The van der Waals surface area contributed by atoms with E-state index >= 15 is 0 Å². The van der Waals surface area contributed by atoms with E-state index in [4.69, 9.17) is 4.74 Å². The molecule has 2 aromatic rings. The number of carbonyl (C=O) groups excluding carboxylic acids is 1. The Morgan fingerprint density at radius 1 is 1.09 bits per heavy atom. The summed E-state index contributed by atoms with van der Waals surface area (Å²) >= 11 is 1.09. The van der Waals surface area contributed by atoms with Gasteiger partial charge >= 0.3 is 12.4 Å². The lowest BCUT2D eigenvalue weighted by Crippen LogP contribution is -2.54. The van der Waals surface area contributed by atoms with Crippen LogP contribution in [0.2, 0.25) is 0 Å². The smallest absolute Gasteiger partial charge is 0.430 e. The highest BCUT2D eigenvalue weighted by Gasteiger charge is 2.71. The molecule has 1 aliphatic rings. The first-order chi connectivity index (χ1) is 15.9. The molecular formula is C23H23F6NO3S. The Hall–Kier alpha value is -2.40. The highest BCUT2D eigenvalue weighted by atomic mass is 32.2. The van der Waals surface area contributed by atoms with Crippen molar-refractivity contribution in [1.82, 2.24) is 0 Å². The molecule has 3 rings (SSSR count). The zero-order valence-electron chi connectivity index (χ0n) is 18.1. The number of halogens is 6. The average Bonchev–Trinajstić information content (AvgIpc) is 2.79. The Balaban J connectivity index is 1.81. The molecule has 0 bridgehead atoms. The van der Waals surface area contributed by atoms with Crippen molar-refractivity contribution in [3.05, 3.63) is 54.1 Å². The number of carbonyl (C=O) groups is 1. The number of alkyl halides is 6. The third-order valence-electron chi connectivity index (χ3n) is 5.47. The van der Waals surface area contributed by atoms with E-state index in [1.54, 1.807) is 24.3 Å². The predicted molar refractivity (Wildman–Crippen MR) is 116 cm³/mol. The molecule has 34 heavy (non-hydrogen) atoms. The number of rotatable bonds is 7. The number of hydrogen-bond acceptors (Lipinski definition) is 4. The number of amides is 1. The summed E-state index contributed by atoms with van der Waals surface area (Å²) in [4.78, 5) is 14.3. The van der Waals surface area contributed by atoms with Crippen LogP contribution in [0.4, 0.5) is 32.0 Å². The molecule has 0 radical (unpaired) electrons. The topological polar surface area (TPSA) is 49.8 Å². The molecule has 186 valence electrons. The molecule has 1 atom stereocenters. The van der Waals surface area contributed by atoms with Gasteiger partial charge in [-0.1, -0.05) is 31.2 Å². The highest BCUT2D eigenvalue weighted by Crippen LogP contribution is 2.52. The molecule has 0 aliphatic carbocycles. The molecule has 1 heterocycles. The molecule has 1 aliphatic heterocycles. The SMILES string of the molecule is CCC1CN(C(=O)CCCOc2ccccc2)c2ccc(C(O)(C(F)(F)F)C(F)(F)F)cc2S1. The molecule has 1 amide bonds. The Morgan fingerprint density at radius 3 is 2.32 bits per heavy atom. The van der Waals surface area contributed by atoms with Crippen LogP contribution in [0.5, 0.6) is 5.75 Å². The summed E-state index contributed by atoms with van der Waals surface area (Å²) in [5.41, 5.74) is -6.13. The van der Waals surface area contributed by atoms with Crippen molar-refractivity contribution >= 4 is 23.4 Å². The van der Waals surface area contributed by atoms with E-state index in [-0.39, 0.29) is 41.3 Å². The van der Waals surface area contributed by atoms with Gasteiger partial charge in [-0.05, 0) is 37.1 Å². The van der Waals surface area contributed by atoms with Gasteiger partial charge < -0.3 is 14.7 Å². The molecule has 1 N–H and O–H groups in total. The fourth-order valence-electron chi connectivity index (χ4n) is 3.58. The average molecular weight is 507 g/mol. The summed E-state index contributed by atoms with van der Waals surface area (Å²) in [6.45, 7) is 2.35. The van der Waals surface area contributed by atoms with Crippen LogP contribution in [0.15, 0.2) is 53.4 Å². The number of hydrogen-bond donors (Lipinski definition) is 1. The van der Waals surface area contributed by atoms with E-state index in [9.17, 15) is 36.2 Å². The molecule has 0 saturated heterocycles. The number of aliphatic hydroxyl groups is 1. The van der Waals surface area contributed by atoms with E-state index in [2.05, 4.69) is 0 Å². The summed E-state index contributed by atoms with van der Waals surface area (Å²) in [6.07, 6.45) is -10.9. The van der Waals surface area contributed by atoms with Gasteiger partial charge in [0.1, 0.15) is 5.75 Å². The fourth-order valence-corrected chi connectivity index (χ4v) is 4.82. The van der Waals surface area contributed by atoms with Crippen LogP contribution in [0.3, 0.4) is 0 Å². The molecule has 2 aromatic carbocycles. The van der Waals surface area contributed by atoms with E-state index in [1.165, 1.54) is 4.90 Å². The van der Waals surface area contributed by atoms with Crippen LogP contribution in [0.25, 0.3) is 0 Å². The minimum Gasteiger partial charge on any atom is -0.494 e. The van der Waals surface area contributed by atoms with Crippen molar-refractivity contribution in [1.29, 1.82) is 0 Å². The molecule has 0 aromatic heterocycles. The number of nitrogens with zero attached hydrogens (tertiary/aromatic N) is 1. The number of benzene rings is 2. The van der Waals surface area contributed by atoms with Gasteiger partial charge in [-0.3, -0.25) is 4.79 Å². The minimum atomic E-state index is -5.97. The lowest BCUT2D eigenvalue weighted by molar-refractivity contribution is -0.376. The maximum atomic E-state index is 13.3. The van der Waals surface area contributed by atoms with Gasteiger partial charge in [0, 0.05) is 28.7 Å². The van der Waals surface area contributed by atoms with Crippen molar-refractivity contribution < 1.29 is 41.0 Å². The zero-order valence-corrected chi connectivity index (χ0v) is 18.9. The van der Waals surface area contributed by atoms with Gasteiger partial charge in [-0.25, -0.2) is 0 Å². The van der Waals surface area contributed by atoms with E-state index in [1.807, 2.05) is 13.0 Å². The normalized spacial score (nSPS) is 16.8. The molecule has 0 saturated carbocycles. The summed E-state index contributed by atoms with van der Waals surface area (Å²) in [6, 6.07) is 11.3. The van der Waals surface area contributed by atoms with Gasteiger partial charge in [0.25, 0.3) is 5.60 Å². The molecular weight excluding hydrogens is 484 g/mol. The molecule has 4 nitrogen and oxygen atoms in total. The van der Waals surface area contributed by atoms with Gasteiger partial charge in [-0.15, -0.1) is 11.8 Å². The van der Waals surface area contributed by atoms with Crippen LogP contribution in [-0.4, -0.2) is 41.8 Å². The maximum absolute atomic E-state index is 13.3. The fraction of sp³-hybridized carbons (Fsp3) is 0.435. The third-order valence-corrected chi connectivity index (χ3v) is 6.87. The summed E-state index contributed by atoms with van der Waals surface area (Å²) in [5.74, 6) is 0.335. The van der Waals surface area contributed by atoms with E-state index in [0.29, 0.717) is 30.7 Å². The third kappa shape index (κ3) is 5.30. The Bertz CT molecular complexity index is 982.